The number of amides is 5. The van der Waals surface area contributed by atoms with Crippen molar-refractivity contribution in [2.24, 2.45) is 0 Å². The van der Waals surface area contributed by atoms with E-state index in [4.69, 9.17) is 16.3 Å². The van der Waals surface area contributed by atoms with E-state index in [0.717, 1.165) is 0 Å². The number of rotatable bonds is 5. The quantitative estimate of drug-likeness (QED) is 0.627. The summed E-state index contributed by atoms with van der Waals surface area (Å²) in [5.74, 6) is -2.21. The number of nitrogens with one attached hydrogen (secondary N) is 1. The van der Waals surface area contributed by atoms with Gasteiger partial charge < -0.3 is 10.1 Å². The number of methoxy groups -OCH3 is 1. The SMILES string of the molecule is COc1ccc(N2C(=O)C(=O)N(CC(=O)Nc3cccc(Cl)c3)C2=O)cc1. The minimum atomic E-state index is -1.07. The van der Waals surface area contributed by atoms with Crippen LogP contribution in [0.5, 0.6) is 5.75 Å². The first-order valence-electron chi connectivity index (χ1n) is 7.80. The monoisotopic (exact) mass is 387 g/mol. The molecule has 2 aromatic rings. The van der Waals surface area contributed by atoms with Crippen LogP contribution in [0.4, 0.5) is 16.2 Å². The van der Waals surface area contributed by atoms with Crippen LogP contribution in [-0.4, -0.2) is 42.3 Å². The van der Waals surface area contributed by atoms with Gasteiger partial charge in [-0.3, -0.25) is 14.4 Å². The summed E-state index contributed by atoms with van der Waals surface area (Å²) in [5, 5.41) is 2.94. The van der Waals surface area contributed by atoms with E-state index >= 15 is 0 Å². The van der Waals surface area contributed by atoms with Crippen molar-refractivity contribution in [3.8, 4) is 5.75 Å². The highest BCUT2D eigenvalue weighted by molar-refractivity contribution is 6.53. The first kappa shape index (κ1) is 18.4. The first-order valence-corrected chi connectivity index (χ1v) is 8.18. The molecule has 2 aromatic carbocycles. The lowest BCUT2D eigenvalue weighted by Crippen LogP contribution is -2.39. The second kappa shape index (κ2) is 7.46. The van der Waals surface area contributed by atoms with E-state index in [1.807, 2.05) is 0 Å². The Labute approximate surface area is 159 Å². The molecule has 1 aliphatic rings. The summed E-state index contributed by atoms with van der Waals surface area (Å²) in [6.07, 6.45) is 0. The Balaban J connectivity index is 1.74. The summed E-state index contributed by atoms with van der Waals surface area (Å²) in [5.41, 5.74) is 0.613. The van der Waals surface area contributed by atoms with E-state index in [-0.39, 0.29) is 5.69 Å². The maximum Gasteiger partial charge on any atom is 0.339 e. The molecule has 9 heteroatoms. The maximum absolute atomic E-state index is 12.5. The zero-order valence-corrected chi connectivity index (χ0v) is 14.9. The van der Waals surface area contributed by atoms with Crippen molar-refractivity contribution in [3.05, 3.63) is 53.6 Å². The molecule has 8 nitrogen and oxygen atoms in total. The number of halogens is 1. The zero-order chi connectivity index (χ0) is 19.6. The number of anilines is 2. The number of hydrogen-bond acceptors (Lipinski definition) is 5. The number of carbonyl (C=O) groups is 4. The Bertz CT molecular complexity index is 929. The van der Waals surface area contributed by atoms with Gasteiger partial charge in [0.05, 0.1) is 12.8 Å². The fourth-order valence-electron chi connectivity index (χ4n) is 2.51. The summed E-state index contributed by atoms with van der Waals surface area (Å²) >= 11 is 5.84. The Morgan fingerprint density at radius 2 is 1.78 bits per heavy atom. The molecule has 0 aliphatic carbocycles. The molecule has 0 bridgehead atoms. The normalized spacial score (nSPS) is 13.9. The molecule has 1 aliphatic heterocycles. The summed E-state index contributed by atoms with van der Waals surface area (Å²) in [4.78, 5) is 50.3. The molecule has 1 heterocycles. The summed E-state index contributed by atoms with van der Waals surface area (Å²) < 4.78 is 5.02. The Hall–Kier alpha value is -3.39. The van der Waals surface area contributed by atoms with Crippen molar-refractivity contribution in [2.45, 2.75) is 0 Å². The largest absolute Gasteiger partial charge is 0.497 e. The van der Waals surface area contributed by atoms with Gasteiger partial charge in [0.2, 0.25) is 5.91 Å². The van der Waals surface area contributed by atoms with Gasteiger partial charge in [0.25, 0.3) is 0 Å². The number of ether oxygens (including phenoxy) is 1. The van der Waals surface area contributed by atoms with Gasteiger partial charge in [0.15, 0.2) is 0 Å². The van der Waals surface area contributed by atoms with Crippen molar-refractivity contribution in [3.63, 3.8) is 0 Å². The van der Waals surface area contributed by atoms with Crippen LogP contribution in [0, 0.1) is 0 Å². The van der Waals surface area contributed by atoms with E-state index in [1.165, 1.54) is 25.3 Å². The molecule has 0 radical (unpaired) electrons. The third kappa shape index (κ3) is 3.75. The molecule has 27 heavy (non-hydrogen) atoms. The second-order valence-electron chi connectivity index (χ2n) is 5.57. The molecule has 138 valence electrons. The van der Waals surface area contributed by atoms with Gasteiger partial charge in [0.1, 0.15) is 12.3 Å². The molecular weight excluding hydrogens is 374 g/mol. The Kier molecular flexibility index (Phi) is 5.09. The molecule has 1 saturated heterocycles. The molecule has 0 atom stereocenters. The molecule has 1 fully saturated rings. The highest BCUT2D eigenvalue weighted by atomic mass is 35.5. The van der Waals surface area contributed by atoms with Crippen molar-refractivity contribution >= 4 is 46.7 Å². The van der Waals surface area contributed by atoms with E-state index < -0.39 is 30.3 Å². The second-order valence-corrected chi connectivity index (χ2v) is 6.01. The minimum absolute atomic E-state index is 0.205. The van der Waals surface area contributed by atoms with Crippen LogP contribution in [0.1, 0.15) is 0 Å². The molecule has 0 spiro atoms. The summed E-state index contributed by atoms with van der Waals surface area (Å²) in [6.45, 7) is -0.595. The molecule has 0 aromatic heterocycles. The van der Waals surface area contributed by atoms with Gasteiger partial charge in [-0.1, -0.05) is 17.7 Å². The number of hydrogen-bond donors (Lipinski definition) is 1. The van der Waals surface area contributed by atoms with Gasteiger partial charge in [-0.2, -0.15) is 0 Å². The molecule has 0 unspecified atom stereocenters. The average Bonchev–Trinajstić information content (AvgIpc) is 2.85. The van der Waals surface area contributed by atoms with Crippen LogP contribution in [-0.2, 0) is 14.4 Å². The van der Waals surface area contributed by atoms with E-state index in [0.29, 0.717) is 26.3 Å². The van der Waals surface area contributed by atoms with E-state index in [1.54, 1.807) is 30.3 Å². The lowest BCUT2D eigenvalue weighted by Gasteiger charge is -2.15. The van der Waals surface area contributed by atoms with Crippen molar-refractivity contribution < 1.29 is 23.9 Å². The van der Waals surface area contributed by atoms with Crippen LogP contribution >= 0.6 is 11.6 Å². The highest BCUT2D eigenvalue weighted by Gasteiger charge is 2.46. The molecule has 1 N–H and O–H groups in total. The fraction of sp³-hybridized carbons (Fsp3) is 0.111. The molecule has 0 saturated carbocycles. The standard InChI is InChI=1S/C18H14ClN3O5/c1-27-14-7-5-13(6-8-14)22-17(25)16(24)21(18(22)26)10-15(23)20-12-4-2-3-11(19)9-12/h2-9H,10H2,1H3,(H,20,23). The van der Waals surface area contributed by atoms with Gasteiger partial charge in [0, 0.05) is 10.7 Å². The van der Waals surface area contributed by atoms with Crippen LogP contribution in [0.3, 0.4) is 0 Å². The lowest BCUT2D eigenvalue weighted by molar-refractivity contribution is -0.140. The topological polar surface area (TPSA) is 96.0 Å². The van der Waals surface area contributed by atoms with E-state index in [9.17, 15) is 19.2 Å². The number of benzene rings is 2. The highest BCUT2D eigenvalue weighted by Crippen LogP contribution is 2.24. The van der Waals surface area contributed by atoms with Crippen LogP contribution in [0.25, 0.3) is 0 Å². The number of nitrogens with zero attached hydrogens (tertiary/aromatic N) is 2. The summed E-state index contributed by atoms with van der Waals surface area (Å²) in [6, 6.07) is 11.5. The minimum Gasteiger partial charge on any atom is -0.497 e. The number of carbonyl (C=O) groups excluding carboxylic acids is 4. The lowest BCUT2D eigenvalue weighted by atomic mass is 10.3. The fourth-order valence-corrected chi connectivity index (χ4v) is 2.70. The van der Waals surface area contributed by atoms with Crippen molar-refractivity contribution in [1.29, 1.82) is 0 Å². The summed E-state index contributed by atoms with van der Waals surface area (Å²) in [7, 11) is 1.48. The van der Waals surface area contributed by atoms with Gasteiger partial charge >= 0.3 is 17.8 Å². The van der Waals surface area contributed by atoms with Crippen molar-refractivity contribution in [1.82, 2.24) is 4.90 Å². The van der Waals surface area contributed by atoms with Crippen LogP contribution < -0.4 is 15.0 Å². The van der Waals surface area contributed by atoms with Crippen molar-refractivity contribution in [2.75, 3.05) is 23.9 Å². The maximum atomic E-state index is 12.5. The zero-order valence-electron chi connectivity index (χ0n) is 14.1. The number of urea groups is 1. The van der Waals surface area contributed by atoms with Crippen LogP contribution in [0.2, 0.25) is 5.02 Å². The third-order valence-corrected chi connectivity index (χ3v) is 4.03. The Morgan fingerprint density at radius 1 is 1.07 bits per heavy atom. The third-order valence-electron chi connectivity index (χ3n) is 3.79. The number of imide groups is 2. The smallest absolute Gasteiger partial charge is 0.339 e. The molecule has 5 amide bonds. The van der Waals surface area contributed by atoms with Crippen LogP contribution in [0.15, 0.2) is 48.5 Å². The van der Waals surface area contributed by atoms with Gasteiger partial charge in [-0.05, 0) is 42.5 Å². The molecular formula is C18H14ClN3O5. The average molecular weight is 388 g/mol. The predicted octanol–water partition coefficient (Wildman–Crippen LogP) is 2.28. The van der Waals surface area contributed by atoms with Gasteiger partial charge in [-0.25, -0.2) is 14.6 Å². The first-order chi connectivity index (χ1) is 12.9. The predicted molar refractivity (Wildman–Crippen MR) is 97.7 cm³/mol. The van der Waals surface area contributed by atoms with E-state index in [2.05, 4.69) is 5.32 Å². The molecule has 3 rings (SSSR count). The van der Waals surface area contributed by atoms with Gasteiger partial charge in [-0.15, -0.1) is 0 Å². The Morgan fingerprint density at radius 3 is 2.41 bits per heavy atom.